The molecule has 0 aliphatic carbocycles. The first-order chi connectivity index (χ1) is 13.0. The van der Waals surface area contributed by atoms with E-state index in [1.165, 1.54) is 31.4 Å². The van der Waals surface area contributed by atoms with Gasteiger partial charge in [-0.05, 0) is 64.7 Å². The largest absolute Gasteiger partial charge is 0.465 e. The Balaban J connectivity index is 1.80. The van der Waals surface area contributed by atoms with Gasteiger partial charge in [-0.3, -0.25) is 0 Å². The minimum Gasteiger partial charge on any atom is -0.465 e. The van der Waals surface area contributed by atoms with E-state index in [1.807, 2.05) is 6.07 Å². The molecule has 0 heterocycles. The number of ether oxygens (including phenoxy) is 1. The number of hydrogen-bond donors (Lipinski definition) is 1. The molecule has 3 aromatic rings. The van der Waals surface area contributed by atoms with E-state index in [2.05, 4.69) is 5.32 Å². The van der Waals surface area contributed by atoms with Crippen LogP contribution in [0.25, 0.3) is 11.1 Å². The second-order valence-electron chi connectivity index (χ2n) is 6.15. The van der Waals surface area contributed by atoms with Gasteiger partial charge in [0.1, 0.15) is 11.6 Å². The fourth-order valence-electron chi connectivity index (χ4n) is 2.79. The first-order valence-corrected chi connectivity index (χ1v) is 8.48. The van der Waals surface area contributed by atoms with Crippen molar-refractivity contribution in [1.29, 1.82) is 0 Å². The van der Waals surface area contributed by atoms with Gasteiger partial charge in [0.15, 0.2) is 0 Å². The fraction of sp³-hybridized carbons (Fsp3) is 0.136. The molecule has 0 spiro atoms. The van der Waals surface area contributed by atoms with Crippen LogP contribution in [0.2, 0.25) is 0 Å². The predicted molar refractivity (Wildman–Crippen MR) is 100 cm³/mol. The van der Waals surface area contributed by atoms with Crippen molar-refractivity contribution in [2.75, 3.05) is 7.11 Å². The summed E-state index contributed by atoms with van der Waals surface area (Å²) in [5, 5.41) is 3.27. The first kappa shape index (κ1) is 18.7. The van der Waals surface area contributed by atoms with Gasteiger partial charge in [0.25, 0.3) is 0 Å². The minimum atomic E-state index is -0.432. The molecule has 0 atom stereocenters. The molecule has 138 valence electrons. The zero-order valence-electron chi connectivity index (χ0n) is 14.8. The Morgan fingerprint density at radius 1 is 0.815 bits per heavy atom. The summed E-state index contributed by atoms with van der Waals surface area (Å²) in [7, 11) is 1.33. The van der Waals surface area contributed by atoms with Crippen LogP contribution in [0.15, 0.2) is 66.7 Å². The van der Waals surface area contributed by atoms with Crippen LogP contribution in [0.5, 0.6) is 0 Å². The first-order valence-electron chi connectivity index (χ1n) is 8.48. The van der Waals surface area contributed by atoms with Crippen LogP contribution < -0.4 is 5.32 Å². The molecule has 0 saturated heterocycles. The third kappa shape index (κ3) is 4.99. The van der Waals surface area contributed by atoms with Gasteiger partial charge < -0.3 is 10.1 Å². The van der Waals surface area contributed by atoms with Crippen molar-refractivity contribution < 1.29 is 18.3 Å². The average molecular weight is 367 g/mol. The molecule has 0 aliphatic rings. The van der Waals surface area contributed by atoms with Crippen molar-refractivity contribution in [3.8, 4) is 11.1 Å². The van der Waals surface area contributed by atoms with Gasteiger partial charge in [-0.25, -0.2) is 13.6 Å². The Labute approximate surface area is 156 Å². The summed E-state index contributed by atoms with van der Waals surface area (Å²) in [4.78, 5) is 12.0. The summed E-state index contributed by atoms with van der Waals surface area (Å²) in [5.74, 6) is -1.02. The minimum absolute atomic E-state index is 0.270. The fourth-order valence-corrected chi connectivity index (χ4v) is 2.79. The molecule has 0 saturated carbocycles. The highest BCUT2D eigenvalue weighted by molar-refractivity contribution is 5.91. The van der Waals surface area contributed by atoms with Crippen LogP contribution in [-0.2, 0) is 17.8 Å². The molecule has 0 aliphatic heterocycles. The van der Waals surface area contributed by atoms with Crippen LogP contribution >= 0.6 is 0 Å². The standard InChI is InChI=1S/C22H19F2NO2/c1-27-22(26)19-11-16(14-25-13-15-2-6-20(23)7-3-15)10-18(12-19)17-4-8-21(24)9-5-17/h2-12,25H,13-14H2,1H3. The van der Waals surface area contributed by atoms with Gasteiger partial charge in [-0.15, -0.1) is 0 Å². The molecule has 3 nitrogen and oxygen atoms in total. The second kappa shape index (κ2) is 8.56. The van der Waals surface area contributed by atoms with Gasteiger partial charge >= 0.3 is 5.97 Å². The van der Waals surface area contributed by atoms with E-state index in [0.717, 1.165) is 22.3 Å². The third-order valence-corrected chi connectivity index (χ3v) is 4.16. The Kier molecular flexibility index (Phi) is 5.94. The quantitative estimate of drug-likeness (QED) is 0.642. The van der Waals surface area contributed by atoms with Gasteiger partial charge in [0.05, 0.1) is 12.7 Å². The van der Waals surface area contributed by atoms with Crippen molar-refractivity contribution in [1.82, 2.24) is 5.32 Å². The topological polar surface area (TPSA) is 38.3 Å². The summed E-state index contributed by atoms with van der Waals surface area (Å²) < 4.78 is 31.0. The Bertz CT molecular complexity index is 922. The van der Waals surface area contributed by atoms with Gasteiger partial charge in [-0.2, -0.15) is 0 Å². The van der Waals surface area contributed by atoms with E-state index in [1.54, 1.807) is 36.4 Å². The summed E-state index contributed by atoms with van der Waals surface area (Å²) >= 11 is 0. The van der Waals surface area contributed by atoms with Crippen molar-refractivity contribution in [3.05, 3.63) is 95.1 Å². The zero-order valence-corrected chi connectivity index (χ0v) is 14.8. The molecule has 0 amide bonds. The average Bonchev–Trinajstić information content (AvgIpc) is 2.69. The number of benzene rings is 3. The second-order valence-corrected chi connectivity index (χ2v) is 6.15. The molecular weight excluding hydrogens is 348 g/mol. The zero-order chi connectivity index (χ0) is 19.2. The highest BCUT2D eigenvalue weighted by Gasteiger charge is 2.10. The molecule has 0 bridgehead atoms. The van der Waals surface area contributed by atoms with E-state index in [0.29, 0.717) is 18.7 Å². The molecule has 3 rings (SSSR count). The summed E-state index contributed by atoms with van der Waals surface area (Å²) in [5.41, 5.74) is 3.88. The molecule has 0 fully saturated rings. The lowest BCUT2D eigenvalue weighted by Gasteiger charge is -2.11. The number of nitrogens with one attached hydrogen (secondary N) is 1. The molecular formula is C22H19F2NO2. The predicted octanol–water partition coefficient (Wildman–Crippen LogP) is 4.71. The smallest absolute Gasteiger partial charge is 0.337 e. The van der Waals surface area contributed by atoms with Crippen molar-refractivity contribution in [2.45, 2.75) is 13.1 Å². The number of carbonyl (C=O) groups is 1. The molecule has 0 radical (unpaired) electrons. The van der Waals surface area contributed by atoms with Gasteiger partial charge in [0.2, 0.25) is 0 Å². The highest BCUT2D eigenvalue weighted by atomic mass is 19.1. The van der Waals surface area contributed by atoms with Gasteiger partial charge in [-0.1, -0.05) is 24.3 Å². The maximum atomic E-state index is 13.2. The van der Waals surface area contributed by atoms with Crippen LogP contribution in [0.4, 0.5) is 8.78 Å². The van der Waals surface area contributed by atoms with Crippen LogP contribution in [0.3, 0.4) is 0 Å². The normalized spacial score (nSPS) is 10.6. The number of carbonyl (C=O) groups excluding carboxylic acids is 1. The van der Waals surface area contributed by atoms with Gasteiger partial charge in [0, 0.05) is 13.1 Å². The maximum absolute atomic E-state index is 13.2. The monoisotopic (exact) mass is 367 g/mol. The number of rotatable bonds is 6. The number of hydrogen-bond acceptors (Lipinski definition) is 3. The van der Waals surface area contributed by atoms with E-state index in [4.69, 9.17) is 4.74 Å². The lowest BCUT2D eigenvalue weighted by atomic mass is 9.99. The number of halogens is 2. The van der Waals surface area contributed by atoms with Crippen LogP contribution in [-0.4, -0.2) is 13.1 Å². The molecule has 5 heteroatoms. The van der Waals surface area contributed by atoms with Crippen molar-refractivity contribution >= 4 is 5.97 Å². The van der Waals surface area contributed by atoms with Crippen molar-refractivity contribution in [2.24, 2.45) is 0 Å². The Hall–Kier alpha value is -3.05. The highest BCUT2D eigenvalue weighted by Crippen LogP contribution is 2.23. The van der Waals surface area contributed by atoms with E-state index in [9.17, 15) is 13.6 Å². The van der Waals surface area contributed by atoms with E-state index in [-0.39, 0.29) is 11.6 Å². The summed E-state index contributed by atoms with van der Waals surface area (Å²) in [6.45, 7) is 1.07. The Morgan fingerprint density at radius 2 is 1.41 bits per heavy atom. The molecule has 0 unspecified atom stereocenters. The van der Waals surface area contributed by atoms with Crippen molar-refractivity contribution in [3.63, 3.8) is 0 Å². The molecule has 1 N–H and O–H groups in total. The van der Waals surface area contributed by atoms with Crippen LogP contribution in [0.1, 0.15) is 21.5 Å². The summed E-state index contributed by atoms with van der Waals surface area (Å²) in [6, 6.07) is 17.8. The molecule has 27 heavy (non-hydrogen) atoms. The Morgan fingerprint density at radius 3 is 2.04 bits per heavy atom. The summed E-state index contributed by atoms with van der Waals surface area (Å²) in [6.07, 6.45) is 0. The van der Waals surface area contributed by atoms with Crippen LogP contribution in [0, 0.1) is 11.6 Å². The number of methoxy groups -OCH3 is 1. The lowest BCUT2D eigenvalue weighted by Crippen LogP contribution is -2.13. The maximum Gasteiger partial charge on any atom is 0.337 e. The molecule has 0 aromatic heterocycles. The lowest BCUT2D eigenvalue weighted by molar-refractivity contribution is 0.0600. The third-order valence-electron chi connectivity index (χ3n) is 4.16. The van der Waals surface area contributed by atoms with E-state index >= 15 is 0 Å². The number of esters is 1. The van der Waals surface area contributed by atoms with E-state index < -0.39 is 5.97 Å². The molecule has 3 aromatic carbocycles. The SMILES string of the molecule is COC(=O)c1cc(CNCc2ccc(F)cc2)cc(-c2ccc(F)cc2)c1.